The fourth-order valence-electron chi connectivity index (χ4n) is 8.93. The van der Waals surface area contributed by atoms with E-state index in [9.17, 15) is 30.3 Å². The number of rotatable bonds is 46. The van der Waals surface area contributed by atoms with E-state index in [4.69, 9.17) is 9.47 Å². The SMILES string of the molecule is CCCCCCCCCCCCCCCCCCCCCCCCCCCCC(=O)N[C@@H](CO[C@@H]1O[C@H](CO)[C@H](O)C(O)C1O)[C@H](O)CCCCCCCCCCCCCC. The van der Waals surface area contributed by atoms with Crippen molar-refractivity contribution in [1.82, 2.24) is 5.32 Å². The van der Waals surface area contributed by atoms with Crippen molar-refractivity contribution >= 4 is 5.91 Å². The molecule has 1 saturated heterocycles. The molecule has 61 heavy (non-hydrogen) atoms. The minimum atomic E-state index is -1.55. The molecule has 9 nitrogen and oxygen atoms in total. The first kappa shape index (κ1) is 58.2. The third-order valence-electron chi connectivity index (χ3n) is 13.2. The Morgan fingerprint density at radius 3 is 1.16 bits per heavy atom. The molecule has 6 N–H and O–H groups in total. The molecule has 364 valence electrons. The molecule has 7 atom stereocenters. The van der Waals surface area contributed by atoms with Gasteiger partial charge in [0.05, 0.1) is 25.4 Å². The van der Waals surface area contributed by atoms with Crippen LogP contribution in [0.25, 0.3) is 0 Å². The zero-order valence-corrected chi connectivity index (χ0v) is 40.2. The first-order chi connectivity index (χ1) is 29.8. The Kier molecular flexibility index (Phi) is 41.1. The lowest BCUT2D eigenvalue weighted by atomic mass is 9.99. The fourth-order valence-corrected chi connectivity index (χ4v) is 8.93. The summed E-state index contributed by atoms with van der Waals surface area (Å²) in [7, 11) is 0. The quantitative estimate of drug-likeness (QED) is 0.0331. The summed E-state index contributed by atoms with van der Waals surface area (Å²) in [6.45, 7) is 3.86. The van der Waals surface area contributed by atoms with E-state index in [0.29, 0.717) is 12.8 Å². The number of carbonyl (C=O) groups is 1. The van der Waals surface area contributed by atoms with Crippen LogP contribution in [0, 0.1) is 0 Å². The number of aliphatic hydroxyl groups is 5. The van der Waals surface area contributed by atoms with Crippen molar-refractivity contribution in [3.63, 3.8) is 0 Å². The van der Waals surface area contributed by atoms with E-state index in [2.05, 4.69) is 19.2 Å². The Balaban J connectivity index is 2.15. The maximum absolute atomic E-state index is 13.0. The van der Waals surface area contributed by atoms with Gasteiger partial charge in [-0.3, -0.25) is 4.79 Å². The minimum absolute atomic E-state index is 0.132. The molecule has 0 aromatic carbocycles. The van der Waals surface area contributed by atoms with Gasteiger partial charge in [-0.25, -0.2) is 0 Å². The van der Waals surface area contributed by atoms with Gasteiger partial charge >= 0.3 is 0 Å². The van der Waals surface area contributed by atoms with Crippen LogP contribution in [0.4, 0.5) is 0 Å². The molecule has 1 aliphatic rings. The molecule has 0 spiro atoms. The molecule has 0 aromatic rings. The highest BCUT2D eigenvalue weighted by molar-refractivity contribution is 5.76. The normalized spacial score (nSPS) is 20.3. The maximum atomic E-state index is 13.0. The lowest BCUT2D eigenvalue weighted by Crippen LogP contribution is -2.60. The number of unbranched alkanes of at least 4 members (excludes halogenated alkanes) is 36. The van der Waals surface area contributed by atoms with Crippen molar-refractivity contribution in [3.05, 3.63) is 0 Å². The molecule has 1 aliphatic heterocycles. The molecule has 2 unspecified atom stereocenters. The summed E-state index contributed by atoms with van der Waals surface area (Å²) in [5.41, 5.74) is 0. The van der Waals surface area contributed by atoms with Crippen molar-refractivity contribution < 1.29 is 39.8 Å². The molecule has 0 aromatic heterocycles. The van der Waals surface area contributed by atoms with E-state index in [-0.39, 0.29) is 12.5 Å². The fraction of sp³-hybridized carbons (Fsp3) is 0.981. The van der Waals surface area contributed by atoms with Crippen LogP contribution >= 0.6 is 0 Å². The van der Waals surface area contributed by atoms with E-state index in [1.165, 1.54) is 205 Å². The predicted octanol–water partition coefficient (Wildman–Crippen LogP) is 12.3. The Morgan fingerprint density at radius 2 is 0.820 bits per heavy atom. The van der Waals surface area contributed by atoms with Gasteiger partial charge in [0.2, 0.25) is 5.91 Å². The summed E-state index contributed by atoms with van der Waals surface area (Å²) in [5.74, 6) is -0.138. The van der Waals surface area contributed by atoms with Crippen LogP contribution in [-0.2, 0) is 14.3 Å². The Morgan fingerprint density at radius 1 is 0.492 bits per heavy atom. The zero-order valence-electron chi connectivity index (χ0n) is 40.2. The van der Waals surface area contributed by atoms with Gasteiger partial charge in [-0.1, -0.05) is 251 Å². The van der Waals surface area contributed by atoms with Gasteiger partial charge in [0.1, 0.15) is 24.4 Å². The van der Waals surface area contributed by atoms with Gasteiger partial charge in [-0.05, 0) is 12.8 Å². The van der Waals surface area contributed by atoms with Crippen LogP contribution in [-0.4, -0.2) is 87.5 Å². The molecule has 1 heterocycles. The Bertz CT molecular complexity index is 924. The van der Waals surface area contributed by atoms with Gasteiger partial charge in [0, 0.05) is 6.42 Å². The summed E-state index contributed by atoms with van der Waals surface area (Å²) >= 11 is 0. The molecule has 0 saturated carbocycles. The van der Waals surface area contributed by atoms with Crippen molar-refractivity contribution in [1.29, 1.82) is 0 Å². The zero-order chi connectivity index (χ0) is 44.4. The average Bonchev–Trinajstić information content (AvgIpc) is 3.26. The summed E-state index contributed by atoms with van der Waals surface area (Å²) in [6.07, 6.45) is 42.8. The Hall–Kier alpha value is -0.810. The highest BCUT2D eigenvalue weighted by atomic mass is 16.7. The topological polar surface area (TPSA) is 149 Å². The van der Waals surface area contributed by atoms with E-state index in [0.717, 1.165) is 38.5 Å². The second-order valence-corrected chi connectivity index (χ2v) is 19.0. The average molecular weight is 870 g/mol. The summed E-state index contributed by atoms with van der Waals surface area (Å²) in [4.78, 5) is 13.0. The number of nitrogens with one attached hydrogen (secondary N) is 1. The predicted molar refractivity (Wildman–Crippen MR) is 254 cm³/mol. The van der Waals surface area contributed by atoms with E-state index in [1.807, 2.05) is 0 Å². The maximum Gasteiger partial charge on any atom is 0.220 e. The number of hydrogen-bond acceptors (Lipinski definition) is 8. The summed E-state index contributed by atoms with van der Waals surface area (Å²) < 4.78 is 11.3. The van der Waals surface area contributed by atoms with Gasteiger partial charge in [0.15, 0.2) is 6.29 Å². The van der Waals surface area contributed by atoms with Crippen molar-refractivity contribution in [2.45, 2.75) is 314 Å². The molecule has 0 aliphatic carbocycles. The second-order valence-electron chi connectivity index (χ2n) is 19.0. The van der Waals surface area contributed by atoms with Crippen molar-refractivity contribution in [2.24, 2.45) is 0 Å². The van der Waals surface area contributed by atoms with Crippen LogP contribution in [0.3, 0.4) is 0 Å². The lowest BCUT2D eigenvalue weighted by molar-refractivity contribution is -0.302. The van der Waals surface area contributed by atoms with E-state index in [1.54, 1.807) is 0 Å². The standard InChI is InChI=1S/C52H103NO8/c1-3-5-7-9-11-13-15-17-18-19-20-21-22-23-24-25-26-27-28-29-30-32-34-36-38-40-42-48(56)53-45(44-60-52-51(59)50(58)49(57)47(43-54)61-52)46(55)41-39-37-35-33-31-16-14-12-10-8-6-4-2/h45-47,49-52,54-55,57-59H,3-44H2,1-2H3,(H,53,56)/t45-,46+,47+,49-,50?,51?,52+/m0/s1. The van der Waals surface area contributed by atoms with Crippen LogP contribution < -0.4 is 5.32 Å². The van der Waals surface area contributed by atoms with Gasteiger partial charge in [0.25, 0.3) is 0 Å². The minimum Gasteiger partial charge on any atom is -0.394 e. The largest absolute Gasteiger partial charge is 0.394 e. The first-order valence-corrected chi connectivity index (χ1v) is 26.7. The third kappa shape index (κ3) is 33.3. The highest BCUT2D eigenvalue weighted by Crippen LogP contribution is 2.23. The van der Waals surface area contributed by atoms with Crippen molar-refractivity contribution in [3.8, 4) is 0 Å². The number of aliphatic hydroxyl groups excluding tert-OH is 5. The molecule has 1 fully saturated rings. The smallest absolute Gasteiger partial charge is 0.220 e. The third-order valence-corrected chi connectivity index (χ3v) is 13.2. The lowest BCUT2D eigenvalue weighted by Gasteiger charge is -2.40. The Labute approximate surface area is 376 Å². The highest BCUT2D eigenvalue weighted by Gasteiger charge is 2.44. The molecule has 1 rings (SSSR count). The van der Waals surface area contributed by atoms with Crippen LogP contribution in [0.5, 0.6) is 0 Å². The van der Waals surface area contributed by atoms with E-state index < -0.39 is 49.5 Å². The first-order valence-electron chi connectivity index (χ1n) is 26.7. The van der Waals surface area contributed by atoms with Crippen molar-refractivity contribution in [2.75, 3.05) is 13.2 Å². The van der Waals surface area contributed by atoms with Crippen LogP contribution in [0.15, 0.2) is 0 Å². The number of carbonyl (C=O) groups excluding carboxylic acids is 1. The van der Waals surface area contributed by atoms with Gasteiger partial charge in [-0.2, -0.15) is 0 Å². The molecular formula is C52H103NO8. The van der Waals surface area contributed by atoms with Gasteiger partial charge in [-0.15, -0.1) is 0 Å². The van der Waals surface area contributed by atoms with E-state index >= 15 is 0 Å². The number of amides is 1. The number of ether oxygens (including phenoxy) is 2. The monoisotopic (exact) mass is 870 g/mol. The second kappa shape index (κ2) is 43.1. The molecule has 1 amide bonds. The molecular weight excluding hydrogens is 767 g/mol. The van der Waals surface area contributed by atoms with Gasteiger partial charge < -0.3 is 40.3 Å². The van der Waals surface area contributed by atoms with Crippen LogP contribution in [0.2, 0.25) is 0 Å². The number of hydrogen-bond donors (Lipinski definition) is 6. The summed E-state index contributed by atoms with van der Waals surface area (Å²) in [6, 6.07) is -0.711. The van der Waals surface area contributed by atoms with Crippen LogP contribution in [0.1, 0.15) is 271 Å². The molecule has 0 radical (unpaired) electrons. The summed E-state index contributed by atoms with van der Waals surface area (Å²) in [5, 5.41) is 54.4. The molecule has 9 heteroatoms. The molecule has 0 bridgehead atoms.